The van der Waals surface area contributed by atoms with Crippen LogP contribution in [-0.4, -0.2) is 29.2 Å². The molecule has 0 fully saturated rings. The molecule has 0 aromatic carbocycles. The number of rotatable bonds is 5. The predicted molar refractivity (Wildman–Crippen MR) is 60.3 cm³/mol. The van der Waals surface area contributed by atoms with E-state index in [1.54, 1.807) is 25.3 Å². The molecule has 0 aliphatic heterocycles. The summed E-state index contributed by atoms with van der Waals surface area (Å²) in [6, 6.07) is 3.43. The maximum atomic E-state index is 11.5. The van der Waals surface area contributed by atoms with Crippen molar-refractivity contribution in [1.29, 1.82) is 0 Å². The van der Waals surface area contributed by atoms with Crippen LogP contribution in [0.1, 0.15) is 19.8 Å². The summed E-state index contributed by atoms with van der Waals surface area (Å²) in [5.41, 5.74) is 0.542. The molecule has 1 aromatic heterocycles. The Kier molecular flexibility index (Phi) is 4.72. The van der Waals surface area contributed by atoms with Crippen LogP contribution in [0.15, 0.2) is 18.3 Å². The Morgan fingerprint density at radius 2 is 2.44 bits per heavy atom. The summed E-state index contributed by atoms with van der Waals surface area (Å²) >= 11 is 0. The zero-order valence-electron chi connectivity index (χ0n) is 9.43. The second-order valence-corrected chi connectivity index (χ2v) is 3.50. The van der Waals surface area contributed by atoms with Crippen molar-refractivity contribution >= 4 is 11.6 Å². The average Bonchev–Trinajstić information content (AvgIpc) is 2.27. The van der Waals surface area contributed by atoms with Crippen LogP contribution in [0.25, 0.3) is 0 Å². The van der Waals surface area contributed by atoms with Crippen LogP contribution in [0.4, 0.5) is 5.69 Å². The standard InChI is InChI=1S/C11H16N2O3/c1-8(14)5-6-10(15)13-9-4-3-7-12-11(9)16-2/h3-4,7-8,14H,5-6H2,1-2H3,(H,13,15). The van der Waals surface area contributed by atoms with Crippen LogP contribution in [0.3, 0.4) is 0 Å². The molecule has 0 aliphatic rings. The van der Waals surface area contributed by atoms with Crippen molar-refractivity contribution in [3.05, 3.63) is 18.3 Å². The average molecular weight is 224 g/mol. The lowest BCUT2D eigenvalue weighted by Crippen LogP contribution is -2.14. The Labute approximate surface area is 94.5 Å². The molecule has 16 heavy (non-hydrogen) atoms. The monoisotopic (exact) mass is 224 g/mol. The maximum absolute atomic E-state index is 11.5. The van der Waals surface area contributed by atoms with Gasteiger partial charge in [-0.1, -0.05) is 0 Å². The molecular formula is C11H16N2O3. The quantitative estimate of drug-likeness (QED) is 0.788. The number of pyridine rings is 1. The first-order chi connectivity index (χ1) is 7.63. The van der Waals surface area contributed by atoms with E-state index in [4.69, 9.17) is 9.84 Å². The molecule has 0 saturated carbocycles. The van der Waals surface area contributed by atoms with Crippen LogP contribution < -0.4 is 10.1 Å². The van der Waals surface area contributed by atoms with Gasteiger partial charge < -0.3 is 15.2 Å². The summed E-state index contributed by atoms with van der Waals surface area (Å²) < 4.78 is 5.00. The highest BCUT2D eigenvalue weighted by Gasteiger charge is 2.08. The highest BCUT2D eigenvalue weighted by Crippen LogP contribution is 2.19. The molecule has 88 valence electrons. The molecule has 1 unspecified atom stereocenters. The van der Waals surface area contributed by atoms with Gasteiger partial charge in [-0.3, -0.25) is 4.79 Å². The van der Waals surface area contributed by atoms with Crippen LogP contribution in [0.5, 0.6) is 5.88 Å². The van der Waals surface area contributed by atoms with Gasteiger partial charge in [-0.2, -0.15) is 0 Å². The maximum Gasteiger partial charge on any atom is 0.237 e. The van der Waals surface area contributed by atoms with Gasteiger partial charge in [-0.25, -0.2) is 4.98 Å². The number of methoxy groups -OCH3 is 1. The Balaban J connectivity index is 2.55. The summed E-state index contributed by atoms with van der Waals surface area (Å²) in [5, 5.41) is 11.7. The second-order valence-electron chi connectivity index (χ2n) is 3.50. The van der Waals surface area contributed by atoms with Gasteiger partial charge in [0, 0.05) is 12.6 Å². The molecule has 0 radical (unpaired) electrons. The van der Waals surface area contributed by atoms with Crippen molar-refractivity contribution in [2.24, 2.45) is 0 Å². The first kappa shape index (κ1) is 12.4. The number of anilines is 1. The van der Waals surface area contributed by atoms with Crippen molar-refractivity contribution < 1.29 is 14.6 Å². The third kappa shape index (κ3) is 3.86. The molecule has 0 saturated heterocycles. The summed E-state index contributed by atoms with van der Waals surface area (Å²) in [7, 11) is 1.49. The van der Waals surface area contributed by atoms with E-state index >= 15 is 0 Å². The molecule has 1 amide bonds. The lowest BCUT2D eigenvalue weighted by molar-refractivity contribution is -0.116. The normalized spacial score (nSPS) is 11.9. The van der Waals surface area contributed by atoms with Crippen molar-refractivity contribution in [2.75, 3.05) is 12.4 Å². The molecule has 1 aromatic rings. The minimum Gasteiger partial charge on any atom is -0.480 e. The molecular weight excluding hydrogens is 208 g/mol. The molecule has 2 N–H and O–H groups in total. The first-order valence-corrected chi connectivity index (χ1v) is 5.10. The van der Waals surface area contributed by atoms with Gasteiger partial charge in [0.2, 0.25) is 11.8 Å². The van der Waals surface area contributed by atoms with Crippen molar-refractivity contribution in [3.63, 3.8) is 0 Å². The first-order valence-electron chi connectivity index (χ1n) is 5.10. The fraction of sp³-hybridized carbons (Fsp3) is 0.455. The number of carbonyl (C=O) groups excluding carboxylic acids is 1. The second kappa shape index (κ2) is 6.07. The molecule has 1 atom stereocenters. The molecule has 5 nitrogen and oxygen atoms in total. The predicted octanol–water partition coefficient (Wildman–Crippen LogP) is 1.19. The number of hydrogen-bond acceptors (Lipinski definition) is 4. The third-order valence-electron chi connectivity index (χ3n) is 2.03. The van der Waals surface area contributed by atoms with Crippen molar-refractivity contribution in [3.8, 4) is 5.88 Å². The zero-order valence-corrected chi connectivity index (χ0v) is 9.43. The van der Waals surface area contributed by atoms with Crippen LogP contribution in [0.2, 0.25) is 0 Å². The molecule has 5 heteroatoms. The minimum absolute atomic E-state index is 0.160. The van der Waals surface area contributed by atoms with E-state index in [-0.39, 0.29) is 12.3 Å². The number of aliphatic hydroxyl groups is 1. The number of aromatic nitrogens is 1. The van der Waals surface area contributed by atoms with E-state index in [1.807, 2.05) is 0 Å². The van der Waals surface area contributed by atoms with E-state index in [1.165, 1.54) is 7.11 Å². The minimum atomic E-state index is -0.471. The van der Waals surface area contributed by atoms with Gasteiger partial charge >= 0.3 is 0 Å². The topological polar surface area (TPSA) is 71.5 Å². The van der Waals surface area contributed by atoms with Crippen LogP contribution in [-0.2, 0) is 4.79 Å². The van der Waals surface area contributed by atoms with E-state index in [9.17, 15) is 4.79 Å². The molecule has 1 rings (SSSR count). The van der Waals surface area contributed by atoms with Crippen LogP contribution in [0, 0.1) is 0 Å². The molecule has 0 aliphatic carbocycles. The van der Waals surface area contributed by atoms with Crippen LogP contribution >= 0.6 is 0 Å². The smallest absolute Gasteiger partial charge is 0.237 e. The van der Waals surface area contributed by atoms with Crippen molar-refractivity contribution in [1.82, 2.24) is 4.98 Å². The highest BCUT2D eigenvalue weighted by atomic mass is 16.5. The summed E-state index contributed by atoms with van der Waals surface area (Å²) in [6.07, 6.45) is 1.83. The molecule has 1 heterocycles. The van der Waals surface area contributed by atoms with Gasteiger partial charge in [0.1, 0.15) is 5.69 Å². The van der Waals surface area contributed by atoms with E-state index in [0.717, 1.165) is 0 Å². The van der Waals surface area contributed by atoms with Gasteiger partial charge in [0.15, 0.2) is 0 Å². The number of nitrogens with zero attached hydrogens (tertiary/aromatic N) is 1. The molecule has 0 bridgehead atoms. The lowest BCUT2D eigenvalue weighted by atomic mass is 10.2. The van der Waals surface area contributed by atoms with Gasteiger partial charge in [0.05, 0.1) is 13.2 Å². The Morgan fingerprint density at radius 3 is 3.06 bits per heavy atom. The van der Waals surface area contributed by atoms with E-state index in [2.05, 4.69) is 10.3 Å². The largest absolute Gasteiger partial charge is 0.480 e. The Bertz CT molecular complexity index is 353. The van der Waals surface area contributed by atoms with Gasteiger partial charge in [-0.15, -0.1) is 0 Å². The zero-order chi connectivity index (χ0) is 12.0. The number of aliphatic hydroxyl groups excluding tert-OH is 1. The highest BCUT2D eigenvalue weighted by molar-refractivity contribution is 5.91. The Morgan fingerprint density at radius 1 is 1.69 bits per heavy atom. The number of amides is 1. The Hall–Kier alpha value is -1.62. The van der Waals surface area contributed by atoms with Gasteiger partial charge in [-0.05, 0) is 25.5 Å². The number of nitrogens with one attached hydrogen (secondary N) is 1. The molecule has 0 spiro atoms. The SMILES string of the molecule is COc1ncccc1NC(=O)CCC(C)O. The number of ether oxygens (including phenoxy) is 1. The summed E-state index contributed by atoms with van der Waals surface area (Å²) in [5.74, 6) is 0.222. The summed E-state index contributed by atoms with van der Waals surface area (Å²) in [4.78, 5) is 15.4. The van der Waals surface area contributed by atoms with Crippen molar-refractivity contribution in [2.45, 2.75) is 25.9 Å². The third-order valence-corrected chi connectivity index (χ3v) is 2.03. The van der Waals surface area contributed by atoms with Gasteiger partial charge in [0.25, 0.3) is 0 Å². The van der Waals surface area contributed by atoms with E-state index in [0.29, 0.717) is 18.0 Å². The van der Waals surface area contributed by atoms with E-state index < -0.39 is 6.10 Å². The fourth-order valence-corrected chi connectivity index (χ4v) is 1.20. The lowest BCUT2D eigenvalue weighted by Gasteiger charge is -2.09. The fourth-order valence-electron chi connectivity index (χ4n) is 1.20. The number of hydrogen-bond donors (Lipinski definition) is 2. The number of carbonyl (C=O) groups is 1. The summed E-state index contributed by atoms with van der Waals surface area (Å²) in [6.45, 7) is 1.65.